The molecule has 2 atom stereocenters. The topological polar surface area (TPSA) is 17.1 Å². The van der Waals surface area contributed by atoms with E-state index in [9.17, 15) is 4.79 Å². The standard InChI is InChI=1S/C26H21ClO/c27-20-12-10-18-11-13-23-21-8-4-5-9-22(21)24(14-17-6-2-1-3-7-17)26(28)25(23)16-19(18)15-20/h1-10,12,15-16,23-24H,11,13-14H2. The second kappa shape index (κ2) is 7.07. The fourth-order valence-electron chi connectivity index (χ4n) is 4.76. The third-order valence-electron chi connectivity index (χ3n) is 6.13. The van der Waals surface area contributed by atoms with E-state index in [0.717, 1.165) is 35.4 Å². The first-order valence-corrected chi connectivity index (χ1v) is 10.3. The Hall–Kier alpha value is -2.64. The Morgan fingerprint density at radius 1 is 0.893 bits per heavy atom. The molecule has 2 unspecified atom stereocenters. The van der Waals surface area contributed by atoms with E-state index in [2.05, 4.69) is 48.5 Å². The van der Waals surface area contributed by atoms with Gasteiger partial charge in [-0.3, -0.25) is 4.79 Å². The van der Waals surface area contributed by atoms with Gasteiger partial charge in [0.25, 0.3) is 0 Å². The van der Waals surface area contributed by atoms with Crippen molar-refractivity contribution in [1.82, 2.24) is 0 Å². The van der Waals surface area contributed by atoms with Crippen LogP contribution in [0.15, 0.2) is 78.4 Å². The van der Waals surface area contributed by atoms with Gasteiger partial charge in [-0.05, 0) is 65.3 Å². The number of carbonyl (C=O) groups is 1. The van der Waals surface area contributed by atoms with Gasteiger partial charge in [-0.25, -0.2) is 0 Å². The molecular weight excluding hydrogens is 364 g/mol. The molecule has 2 heteroatoms. The summed E-state index contributed by atoms with van der Waals surface area (Å²) in [5, 5.41) is 0.721. The van der Waals surface area contributed by atoms with Crippen molar-refractivity contribution < 1.29 is 4.79 Å². The highest BCUT2D eigenvalue weighted by Gasteiger charge is 2.38. The summed E-state index contributed by atoms with van der Waals surface area (Å²) in [7, 11) is 0. The van der Waals surface area contributed by atoms with Crippen molar-refractivity contribution in [3.63, 3.8) is 0 Å². The van der Waals surface area contributed by atoms with Gasteiger partial charge in [0.1, 0.15) is 0 Å². The van der Waals surface area contributed by atoms with E-state index in [4.69, 9.17) is 11.6 Å². The second-order valence-electron chi connectivity index (χ2n) is 7.77. The van der Waals surface area contributed by atoms with Gasteiger partial charge in [0, 0.05) is 16.5 Å². The van der Waals surface area contributed by atoms with Crippen molar-refractivity contribution in [3.05, 3.63) is 111 Å². The molecule has 0 radical (unpaired) electrons. The van der Waals surface area contributed by atoms with Gasteiger partial charge in [-0.1, -0.05) is 72.3 Å². The minimum atomic E-state index is -0.123. The highest BCUT2D eigenvalue weighted by molar-refractivity contribution is 6.30. The Labute approximate surface area is 170 Å². The summed E-state index contributed by atoms with van der Waals surface area (Å²) >= 11 is 6.24. The fraction of sp³-hybridized carbons (Fsp3) is 0.192. The van der Waals surface area contributed by atoms with Gasteiger partial charge in [0.05, 0.1) is 5.92 Å². The van der Waals surface area contributed by atoms with Crippen molar-refractivity contribution in [2.75, 3.05) is 0 Å². The maximum atomic E-state index is 13.7. The predicted octanol–water partition coefficient (Wildman–Crippen LogP) is 6.36. The molecule has 1 nitrogen and oxygen atoms in total. The molecule has 2 aliphatic rings. The Bertz CT molecular complexity index is 1080. The fourth-order valence-corrected chi connectivity index (χ4v) is 4.94. The monoisotopic (exact) mass is 384 g/mol. The lowest BCUT2D eigenvalue weighted by molar-refractivity contribution is -0.117. The van der Waals surface area contributed by atoms with E-state index in [1.165, 1.54) is 22.3 Å². The molecule has 0 bridgehead atoms. The van der Waals surface area contributed by atoms with Crippen molar-refractivity contribution in [3.8, 4) is 0 Å². The van der Waals surface area contributed by atoms with Crippen LogP contribution < -0.4 is 0 Å². The van der Waals surface area contributed by atoms with Gasteiger partial charge in [0.2, 0.25) is 0 Å². The molecule has 0 amide bonds. The van der Waals surface area contributed by atoms with Crippen LogP contribution in [0.4, 0.5) is 0 Å². The first-order chi connectivity index (χ1) is 13.7. The number of carbonyl (C=O) groups excluding carboxylic acids is 1. The van der Waals surface area contributed by atoms with Gasteiger partial charge in [0.15, 0.2) is 5.78 Å². The zero-order chi connectivity index (χ0) is 19.1. The van der Waals surface area contributed by atoms with Gasteiger partial charge in [-0.15, -0.1) is 0 Å². The van der Waals surface area contributed by atoms with Crippen LogP contribution in [0.3, 0.4) is 0 Å². The second-order valence-corrected chi connectivity index (χ2v) is 8.21. The number of aryl methyl sites for hydroxylation is 1. The molecule has 138 valence electrons. The summed E-state index contributed by atoms with van der Waals surface area (Å²) in [6, 6.07) is 24.9. The Balaban J connectivity index is 1.64. The van der Waals surface area contributed by atoms with Gasteiger partial charge in [-0.2, -0.15) is 0 Å². The predicted molar refractivity (Wildman–Crippen MR) is 115 cm³/mol. The Morgan fingerprint density at radius 2 is 1.64 bits per heavy atom. The number of rotatable bonds is 2. The summed E-state index contributed by atoms with van der Waals surface area (Å²) in [4.78, 5) is 13.7. The van der Waals surface area contributed by atoms with Gasteiger partial charge >= 0.3 is 0 Å². The third kappa shape index (κ3) is 3.00. The number of halogens is 1. The lowest BCUT2D eigenvalue weighted by Gasteiger charge is -2.32. The lowest BCUT2D eigenvalue weighted by atomic mass is 9.70. The normalized spacial score (nSPS) is 20.5. The first-order valence-electron chi connectivity index (χ1n) is 9.87. The van der Waals surface area contributed by atoms with Crippen molar-refractivity contribution in [2.45, 2.75) is 31.1 Å². The van der Waals surface area contributed by atoms with Gasteiger partial charge < -0.3 is 0 Å². The molecule has 0 saturated heterocycles. The molecule has 0 spiro atoms. The smallest absolute Gasteiger partial charge is 0.167 e. The number of allylic oxidation sites excluding steroid dienone is 1. The number of fused-ring (bicyclic) bond motifs is 4. The van der Waals surface area contributed by atoms with Crippen LogP contribution in [0.5, 0.6) is 0 Å². The SMILES string of the molecule is O=C1C2=Cc3cc(Cl)ccc3CCC2c2ccccc2C1Cc1ccccc1. The van der Waals surface area contributed by atoms with Crippen LogP contribution in [-0.2, 0) is 17.6 Å². The Kier molecular flexibility index (Phi) is 4.41. The van der Waals surface area contributed by atoms with Crippen LogP contribution in [0.2, 0.25) is 5.02 Å². The highest BCUT2D eigenvalue weighted by atomic mass is 35.5. The molecule has 0 saturated carbocycles. The summed E-state index contributed by atoms with van der Waals surface area (Å²) in [6.45, 7) is 0. The largest absolute Gasteiger partial charge is 0.294 e. The maximum Gasteiger partial charge on any atom is 0.167 e. The molecule has 3 aromatic rings. The number of Topliss-reactive ketones (excluding diaryl/α,β-unsaturated/α-hetero) is 1. The van der Waals surface area contributed by atoms with Crippen molar-refractivity contribution in [1.29, 1.82) is 0 Å². The van der Waals surface area contributed by atoms with E-state index in [0.29, 0.717) is 0 Å². The molecule has 5 rings (SSSR count). The van der Waals surface area contributed by atoms with Crippen LogP contribution >= 0.6 is 11.6 Å². The van der Waals surface area contributed by atoms with E-state index >= 15 is 0 Å². The van der Waals surface area contributed by atoms with Crippen LogP contribution in [0, 0.1) is 0 Å². The van der Waals surface area contributed by atoms with E-state index in [1.54, 1.807) is 0 Å². The first kappa shape index (κ1) is 17.5. The highest BCUT2D eigenvalue weighted by Crippen LogP contribution is 2.46. The number of hydrogen-bond donors (Lipinski definition) is 0. The molecule has 0 aromatic heterocycles. The molecule has 0 N–H and O–H groups in total. The summed E-state index contributed by atoms with van der Waals surface area (Å²) < 4.78 is 0. The van der Waals surface area contributed by atoms with E-state index in [1.807, 2.05) is 30.3 Å². The lowest BCUT2D eigenvalue weighted by Crippen LogP contribution is -2.28. The maximum absolute atomic E-state index is 13.7. The molecule has 2 aliphatic carbocycles. The number of hydrogen-bond acceptors (Lipinski definition) is 1. The molecular formula is C26H21ClO. The van der Waals surface area contributed by atoms with Crippen molar-refractivity contribution in [2.24, 2.45) is 0 Å². The summed E-state index contributed by atoms with van der Waals surface area (Å²) in [6.07, 6.45) is 4.77. The quantitative estimate of drug-likeness (QED) is 0.502. The zero-order valence-corrected chi connectivity index (χ0v) is 16.3. The molecule has 3 aromatic carbocycles. The van der Waals surface area contributed by atoms with Crippen LogP contribution in [0.1, 0.15) is 46.1 Å². The molecule has 0 aliphatic heterocycles. The third-order valence-corrected chi connectivity index (χ3v) is 6.36. The molecule has 28 heavy (non-hydrogen) atoms. The van der Waals surface area contributed by atoms with E-state index in [-0.39, 0.29) is 17.6 Å². The van der Waals surface area contributed by atoms with E-state index < -0.39 is 0 Å². The average Bonchev–Trinajstić information content (AvgIpc) is 2.91. The molecule has 0 heterocycles. The van der Waals surface area contributed by atoms with Crippen LogP contribution in [0.25, 0.3) is 6.08 Å². The number of benzene rings is 3. The summed E-state index contributed by atoms with van der Waals surface area (Å²) in [5.74, 6) is 0.309. The number of ketones is 1. The molecule has 0 fully saturated rings. The minimum absolute atomic E-state index is 0.123. The minimum Gasteiger partial charge on any atom is -0.294 e. The summed E-state index contributed by atoms with van der Waals surface area (Å²) in [5.41, 5.74) is 7.02. The average molecular weight is 385 g/mol. The van der Waals surface area contributed by atoms with Crippen LogP contribution in [-0.4, -0.2) is 5.78 Å². The zero-order valence-electron chi connectivity index (χ0n) is 15.6. The van der Waals surface area contributed by atoms with Crippen molar-refractivity contribution >= 4 is 23.5 Å². The Morgan fingerprint density at radius 3 is 2.46 bits per heavy atom.